The Balaban J connectivity index is 1.73. The standard InChI is InChI=1S/C27H31F3N6O8S/c1-16(2)42-26(38)43-19(5)44-33-36(39)34(6)18(4)25(37)32-45(40,41)22-13-11-21(12-14-22)35-23(15-24(31-35)27(28,29)30)20-9-7-17(3)8-10-20/h7-16,18-19H,1-6H3,(H,32,37)/t18-,19?/m0/s1. The molecule has 1 N–H and O–H groups in total. The average Bonchev–Trinajstić information content (AvgIpc) is 3.41. The van der Waals surface area contributed by atoms with Gasteiger partial charge in [0, 0.05) is 12.5 Å². The van der Waals surface area contributed by atoms with Crippen molar-refractivity contribution in [1.82, 2.24) is 19.5 Å². The smallest absolute Gasteiger partial charge is 0.511 e. The molecule has 18 heteroatoms. The SMILES string of the molecule is Cc1ccc(-c2cc(C(F)(F)F)nn2-c2ccc(S(=O)(=O)NC(=O)[C@H](C)N(C)[N+]([O-])=NOC(C)OC(=O)OC(C)C)cc2)cc1. The Hall–Kier alpha value is -4.87. The number of hydrogen-bond acceptors (Lipinski definition) is 10. The van der Waals surface area contributed by atoms with E-state index in [1.807, 2.05) is 11.6 Å². The summed E-state index contributed by atoms with van der Waals surface area (Å²) in [6.45, 7) is 7.46. The Morgan fingerprint density at radius 1 is 1.04 bits per heavy atom. The molecule has 0 spiro atoms. The van der Waals surface area contributed by atoms with Gasteiger partial charge in [0.05, 0.1) is 34.4 Å². The molecule has 0 aliphatic heterocycles. The minimum atomic E-state index is -4.73. The minimum Gasteiger partial charge on any atom is -0.569 e. The predicted octanol–water partition coefficient (Wildman–Crippen LogP) is 4.71. The zero-order valence-electron chi connectivity index (χ0n) is 25.0. The number of rotatable bonds is 11. The monoisotopic (exact) mass is 656 g/mol. The first-order valence-electron chi connectivity index (χ1n) is 13.2. The maximum atomic E-state index is 13.5. The fourth-order valence-electron chi connectivity index (χ4n) is 3.55. The number of halogens is 3. The van der Waals surface area contributed by atoms with Crippen molar-refractivity contribution in [3.05, 3.63) is 71.1 Å². The van der Waals surface area contributed by atoms with Crippen LogP contribution in [-0.4, -0.2) is 65.7 Å². The summed E-state index contributed by atoms with van der Waals surface area (Å²) in [5.74, 6) is -1.12. The summed E-state index contributed by atoms with van der Waals surface area (Å²) in [4.78, 5) is 28.4. The van der Waals surface area contributed by atoms with E-state index in [-0.39, 0.29) is 21.2 Å². The highest BCUT2D eigenvalue weighted by molar-refractivity contribution is 7.90. The van der Waals surface area contributed by atoms with Crippen LogP contribution >= 0.6 is 0 Å². The lowest BCUT2D eigenvalue weighted by Gasteiger charge is -2.20. The molecule has 0 radical (unpaired) electrons. The highest BCUT2D eigenvalue weighted by Crippen LogP contribution is 2.33. The molecule has 14 nitrogen and oxygen atoms in total. The van der Waals surface area contributed by atoms with Crippen LogP contribution in [-0.2, 0) is 35.3 Å². The summed E-state index contributed by atoms with van der Waals surface area (Å²) < 4.78 is 78.7. The number of aryl methyl sites for hydroxylation is 1. The molecule has 2 aromatic carbocycles. The van der Waals surface area contributed by atoms with Crippen LogP contribution in [0.4, 0.5) is 18.0 Å². The second kappa shape index (κ2) is 13.8. The van der Waals surface area contributed by atoms with Crippen molar-refractivity contribution in [2.24, 2.45) is 5.28 Å². The third-order valence-corrected chi connectivity index (χ3v) is 7.41. The van der Waals surface area contributed by atoms with Gasteiger partial charge in [-0.1, -0.05) is 29.8 Å². The highest BCUT2D eigenvalue weighted by atomic mass is 32.2. The number of benzene rings is 2. The summed E-state index contributed by atoms with van der Waals surface area (Å²) in [7, 11) is -3.37. The number of ether oxygens (including phenoxy) is 2. The number of alkyl halides is 3. The molecular formula is C27H31F3N6O8S. The van der Waals surface area contributed by atoms with Gasteiger partial charge in [0.2, 0.25) is 5.28 Å². The van der Waals surface area contributed by atoms with Gasteiger partial charge in [-0.2, -0.15) is 18.3 Å². The molecule has 0 aliphatic rings. The van der Waals surface area contributed by atoms with Gasteiger partial charge < -0.3 is 14.7 Å². The number of nitrogens with one attached hydrogen (secondary N) is 1. The molecule has 0 saturated carbocycles. The molecule has 2 atom stereocenters. The Labute approximate surface area is 256 Å². The van der Waals surface area contributed by atoms with E-state index in [0.29, 0.717) is 10.6 Å². The fourth-order valence-corrected chi connectivity index (χ4v) is 4.60. The molecule has 45 heavy (non-hydrogen) atoms. The van der Waals surface area contributed by atoms with Gasteiger partial charge in [-0.3, -0.25) is 9.63 Å². The Bertz CT molecular complexity index is 1640. The van der Waals surface area contributed by atoms with Crippen molar-refractivity contribution in [3.8, 4) is 16.9 Å². The molecule has 0 saturated heterocycles. The molecule has 3 aromatic rings. The van der Waals surface area contributed by atoms with Crippen molar-refractivity contribution < 1.29 is 50.5 Å². The normalized spacial score (nSPS) is 13.6. The predicted molar refractivity (Wildman–Crippen MR) is 151 cm³/mol. The van der Waals surface area contributed by atoms with Crippen molar-refractivity contribution >= 4 is 22.1 Å². The molecule has 1 amide bonds. The minimum absolute atomic E-state index is 0.121. The van der Waals surface area contributed by atoms with Crippen LogP contribution in [0.2, 0.25) is 0 Å². The van der Waals surface area contributed by atoms with Gasteiger partial charge >= 0.3 is 12.3 Å². The number of sulfonamides is 1. The summed E-state index contributed by atoms with van der Waals surface area (Å²) >= 11 is 0. The maximum absolute atomic E-state index is 13.5. The maximum Gasteiger partial charge on any atom is 0.511 e. The van der Waals surface area contributed by atoms with Crippen molar-refractivity contribution in [3.63, 3.8) is 0 Å². The number of amides is 1. The van der Waals surface area contributed by atoms with Crippen LogP contribution in [0.3, 0.4) is 0 Å². The van der Waals surface area contributed by atoms with Gasteiger partial charge in [-0.25, -0.2) is 22.6 Å². The van der Waals surface area contributed by atoms with Gasteiger partial charge in [-0.15, -0.1) is 5.01 Å². The lowest BCUT2D eigenvalue weighted by Crippen LogP contribution is -2.47. The lowest BCUT2D eigenvalue weighted by atomic mass is 10.1. The summed E-state index contributed by atoms with van der Waals surface area (Å²) in [6, 6.07) is 10.9. The number of carbonyl (C=O) groups excluding carboxylic acids is 2. The first-order valence-corrected chi connectivity index (χ1v) is 14.7. The highest BCUT2D eigenvalue weighted by Gasteiger charge is 2.35. The number of likely N-dealkylation sites (N-methyl/N-ethyl adjacent to an activating group) is 1. The molecule has 1 aromatic heterocycles. The summed E-state index contributed by atoms with van der Waals surface area (Å²) in [6.07, 6.45) is -7.58. The van der Waals surface area contributed by atoms with E-state index in [4.69, 9.17) is 14.3 Å². The van der Waals surface area contributed by atoms with Crippen LogP contribution < -0.4 is 4.72 Å². The molecule has 0 bridgehead atoms. The van der Waals surface area contributed by atoms with Crippen LogP contribution in [0, 0.1) is 12.1 Å². The molecule has 0 fully saturated rings. The average molecular weight is 657 g/mol. The van der Waals surface area contributed by atoms with Crippen LogP contribution in [0.5, 0.6) is 0 Å². The number of hydrogen-bond donors (Lipinski definition) is 1. The Morgan fingerprint density at radius 2 is 1.64 bits per heavy atom. The van der Waals surface area contributed by atoms with E-state index < -0.39 is 52.4 Å². The van der Waals surface area contributed by atoms with E-state index in [2.05, 4.69) is 10.4 Å². The van der Waals surface area contributed by atoms with E-state index in [9.17, 15) is 36.4 Å². The third-order valence-electron chi connectivity index (χ3n) is 6.04. The molecule has 1 unspecified atom stereocenters. The number of nitrogens with zero attached hydrogens (tertiary/aromatic N) is 5. The molecule has 3 rings (SSSR count). The molecule has 1 heterocycles. The number of hydrazine groups is 1. The van der Waals surface area contributed by atoms with E-state index in [1.165, 1.54) is 26.0 Å². The fraction of sp³-hybridized carbons (Fsp3) is 0.370. The summed E-state index contributed by atoms with van der Waals surface area (Å²) in [5, 5.41) is 19.8. The van der Waals surface area contributed by atoms with E-state index >= 15 is 0 Å². The van der Waals surface area contributed by atoms with E-state index in [0.717, 1.165) is 35.5 Å². The molecular weight excluding hydrogens is 625 g/mol. The first-order chi connectivity index (χ1) is 20.9. The van der Waals surface area contributed by atoms with Crippen molar-refractivity contribution in [2.45, 2.75) is 64.1 Å². The zero-order chi connectivity index (χ0) is 33.7. The third kappa shape index (κ3) is 9.07. The number of carbonyl (C=O) groups is 2. The topological polar surface area (TPSA) is 167 Å². The quantitative estimate of drug-likeness (QED) is 0.100. The molecule has 0 aliphatic carbocycles. The Kier molecular flexibility index (Phi) is 10.6. The molecule has 244 valence electrons. The zero-order valence-corrected chi connectivity index (χ0v) is 25.8. The van der Waals surface area contributed by atoms with Crippen molar-refractivity contribution in [1.29, 1.82) is 0 Å². The lowest BCUT2D eigenvalue weighted by molar-refractivity contribution is -0.711. The second-order valence-corrected chi connectivity index (χ2v) is 11.6. The summed E-state index contributed by atoms with van der Waals surface area (Å²) in [5.41, 5.74) is 0.453. The van der Waals surface area contributed by atoms with Gasteiger partial charge in [0.15, 0.2) is 11.7 Å². The van der Waals surface area contributed by atoms with Crippen LogP contribution in [0.15, 0.2) is 64.8 Å². The van der Waals surface area contributed by atoms with Gasteiger partial charge in [0.25, 0.3) is 22.2 Å². The van der Waals surface area contributed by atoms with Gasteiger partial charge in [-0.05, 0) is 58.0 Å². The second-order valence-electron chi connectivity index (χ2n) is 9.95. The van der Waals surface area contributed by atoms with Crippen LogP contribution in [0.1, 0.15) is 39.0 Å². The van der Waals surface area contributed by atoms with Gasteiger partial charge in [0.1, 0.15) is 0 Å². The Morgan fingerprint density at radius 3 is 2.20 bits per heavy atom. The number of aromatic nitrogens is 2. The van der Waals surface area contributed by atoms with Crippen molar-refractivity contribution in [2.75, 3.05) is 7.05 Å². The van der Waals surface area contributed by atoms with E-state index in [1.54, 1.807) is 38.1 Å². The largest absolute Gasteiger partial charge is 0.569 e. The first kappa shape index (κ1) is 34.6. The van der Waals surface area contributed by atoms with Crippen LogP contribution in [0.25, 0.3) is 16.9 Å².